The lowest BCUT2D eigenvalue weighted by atomic mass is 9.85. The first-order valence-electron chi connectivity index (χ1n) is 8.18. The van der Waals surface area contributed by atoms with Crippen molar-refractivity contribution in [2.24, 2.45) is 29.1 Å². The molecule has 1 aromatic rings. The first-order valence-corrected chi connectivity index (χ1v) is 8.18. The number of benzene rings is 1. The molecule has 3 aliphatic carbocycles. The van der Waals surface area contributed by atoms with E-state index in [1.807, 2.05) is 32.0 Å². The summed E-state index contributed by atoms with van der Waals surface area (Å²) < 4.78 is 0. The van der Waals surface area contributed by atoms with Gasteiger partial charge in [-0.15, -0.1) is 0 Å². The Morgan fingerprint density at radius 1 is 0.955 bits per heavy atom. The van der Waals surface area contributed by atoms with Gasteiger partial charge in [0.1, 0.15) is 0 Å². The Morgan fingerprint density at radius 3 is 1.91 bits per heavy atom. The van der Waals surface area contributed by atoms with Gasteiger partial charge in [0.15, 0.2) is 0 Å². The molecule has 1 saturated heterocycles. The molecule has 1 aromatic carbocycles. The van der Waals surface area contributed by atoms with Gasteiger partial charge in [-0.2, -0.15) is 0 Å². The van der Waals surface area contributed by atoms with Crippen molar-refractivity contribution < 1.29 is 9.59 Å². The number of hydrogen-bond donors (Lipinski definition) is 0. The molecule has 112 valence electrons. The summed E-state index contributed by atoms with van der Waals surface area (Å²) in [6.07, 6.45) is 6.81. The quantitative estimate of drug-likeness (QED) is 0.589. The first kappa shape index (κ1) is 12.6. The van der Waals surface area contributed by atoms with Crippen LogP contribution in [0.3, 0.4) is 0 Å². The van der Waals surface area contributed by atoms with Crippen molar-refractivity contribution in [1.82, 2.24) is 0 Å². The maximum absolute atomic E-state index is 13.1. The first-order chi connectivity index (χ1) is 10.6. The summed E-state index contributed by atoms with van der Waals surface area (Å²) in [5, 5.41) is 0. The third-order valence-electron chi connectivity index (χ3n) is 6.52. The maximum Gasteiger partial charge on any atom is 0.238 e. The third-order valence-corrected chi connectivity index (χ3v) is 6.52. The lowest BCUT2D eigenvalue weighted by Gasteiger charge is -2.24. The maximum atomic E-state index is 13.1. The standard InChI is InChI=1S/C19H19NO2/c1-10-4-3-5-11(2)16(10)20-17(21)14-12-6-7-13(15(14)18(20)22)19(12)8-9-19/h3-7,12-15H,8-9H2,1-2H3/t12-,13-,14+,15+/m1/s1. The normalized spacial score (nSPS) is 36.5. The summed E-state index contributed by atoms with van der Waals surface area (Å²) >= 11 is 0. The number of hydrogen-bond acceptors (Lipinski definition) is 2. The Kier molecular flexibility index (Phi) is 2.13. The zero-order valence-corrected chi connectivity index (χ0v) is 12.9. The van der Waals surface area contributed by atoms with Crippen molar-refractivity contribution in [3.8, 4) is 0 Å². The summed E-state index contributed by atoms with van der Waals surface area (Å²) in [4.78, 5) is 27.7. The van der Waals surface area contributed by atoms with Crippen molar-refractivity contribution in [1.29, 1.82) is 0 Å². The van der Waals surface area contributed by atoms with Gasteiger partial charge in [0.2, 0.25) is 11.8 Å². The summed E-state index contributed by atoms with van der Waals surface area (Å²) in [6, 6.07) is 5.93. The van der Waals surface area contributed by atoms with E-state index < -0.39 is 0 Å². The Bertz CT molecular complexity index is 704. The summed E-state index contributed by atoms with van der Waals surface area (Å²) in [5.74, 6) is 0.459. The van der Waals surface area contributed by atoms with Gasteiger partial charge in [0.05, 0.1) is 17.5 Å². The monoisotopic (exact) mass is 293 g/mol. The molecule has 5 rings (SSSR count). The van der Waals surface area contributed by atoms with E-state index in [-0.39, 0.29) is 29.1 Å². The minimum absolute atomic E-state index is 0.0375. The van der Waals surface area contributed by atoms with Crippen molar-refractivity contribution >= 4 is 17.5 Å². The number of carbonyl (C=O) groups is 2. The number of allylic oxidation sites excluding steroid dienone is 2. The van der Waals surface area contributed by atoms with Gasteiger partial charge in [0, 0.05) is 0 Å². The van der Waals surface area contributed by atoms with E-state index in [1.54, 1.807) is 0 Å². The van der Waals surface area contributed by atoms with Crippen LogP contribution < -0.4 is 4.90 Å². The molecule has 0 radical (unpaired) electrons. The van der Waals surface area contributed by atoms with Crippen LogP contribution in [-0.2, 0) is 9.59 Å². The summed E-state index contributed by atoms with van der Waals surface area (Å²) in [7, 11) is 0. The zero-order chi connectivity index (χ0) is 15.2. The molecule has 0 unspecified atom stereocenters. The second-order valence-electron chi connectivity index (χ2n) is 7.47. The molecule has 1 spiro atoms. The van der Waals surface area contributed by atoms with Gasteiger partial charge in [-0.05, 0) is 55.1 Å². The predicted molar refractivity (Wildman–Crippen MR) is 83.2 cm³/mol. The predicted octanol–water partition coefficient (Wildman–Crippen LogP) is 3.01. The van der Waals surface area contributed by atoms with Crippen LogP contribution in [0.1, 0.15) is 24.0 Å². The van der Waals surface area contributed by atoms with Gasteiger partial charge in [-0.3, -0.25) is 9.59 Å². The summed E-state index contributed by atoms with van der Waals surface area (Å²) in [6.45, 7) is 3.96. The summed E-state index contributed by atoms with van der Waals surface area (Å²) in [5.41, 5.74) is 3.09. The molecule has 3 fully saturated rings. The molecule has 3 nitrogen and oxygen atoms in total. The van der Waals surface area contributed by atoms with E-state index >= 15 is 0 Å². The fraction of sp³-hybridized carbons (Fsp3) is 0.474. The van der Waals surface area contributed by atoms with Crippen LogP contribution in [0.25, 0.3) is 0 Å². The van der Waals surface area contributed by atoms with E-state index in [9.17, 15) is 9.59 Å². The molecular weight excluding hydrogens is 274 g/mol. The van der Waals surface area contributed by atoms with Crippen molar-refractivity contribution in [2.45, 2.75) is 26.7 Å². The molecule has 22 heavy (non-hydrogen) atoms. The van der Waals surface area contributed by atoms with Gasteiger partial charge in [0.25, 0.3) is 0 Å². The minimum atomic E-state index is -0.107. The van der Waals surface area contributed by atoms with Crippen LogP contribution in [0.4, 0.5) is 5.69 Å². The smallest absolute Gasteiger partial charge is 0.238 e. The van der Waals surface area contributed by atoms with Crippen LogP contribution in [0.2, 0.25) is 0 Å². The lowest BCUT2D eigenvalue weighted by molar-refractivity contribution is -0.123. The SMILES string of the molecule is Cc1cccc(C)c1N1C(=O)[C@@H]2[C@@H](C1=O)[C@H]1C=C[C@H]2C12CC2. The van der Waals surface area contributed by atoms with Gasteiger partial charge >= 0.3 is 0 Å². The van der Waals surface area contributed by atoms with Crippen LogP contribution in [0.5, 0.6) is 0 Å². The number of amides is 2. The largest absolute Gasteiger partial charge is 0.274 e. The molecule has 3 heteroatoms. The second kappa shape index (κ2) is 3.70. The molecule has 0 N–H and O–H groups in total. The highest BCUT2D eigenvalue weighted by atomic mass is 16.2. The second-order valence-corrected chi connectivity index (χ2v) is 7.47. The Hall–Kier alpha value is -1.90. The molecule has 0 aromatic heterocycles. The highest BCUT2D eigenvalue weighted by Gasteiger charge is 2.73. The number of aryl methyl sites for hydroxylation is 2. The van der Waals surface area contributed by atoms with Gasteiger partial charge in [-0.1, -0.05) is 30.4 Å². The zero-order valence-electron chi connectivity index (χ0n) is 12.9. The molecular formula is C19H19NO2. The van der Waals surface area contributed by atoms with Crippen LogP contribution in [0, 0.1) is 42.9 Å². The van der Waals surface area contributed by atoms with Crippen LogP contribution >= 0.6 is 0 Å². The molecule has 2 saturated carbocycles. The minimum Gasteiger partial charge on any atom is -0.274 e. The Balaban J connectivity index is 1.62. The molecule has 1 aliphatic heterocycles. The topological polar surface area (TPSA) is 37.4 Å². The number of para-hydroxylation sites is 1. The van der Waals surface area contributed by atoms with Crippen LogP contribution in [-0.4, -0.2) is 11.8 Å². The van der Waals surface area contributed by atoms with Crippen LogP contribution in [0.15, 0.2) is 30.4 Å². The fourth-order valence-electron chi connectivity index (χ4n) is 5.46. The van der Waals surface area contributed by atoms with Gasteiger partial charge in [-0.25, -0.2) is 4.90 Å². The third kappa shape index (κ3) is 1.21. The number of imide groups is 1. The highest BCUT2D eigenvalue weighted by molar-refractivity contribution is 6.23. The number of carbonyl (C=O) groups excluding carboxylic acids is 2. The average molecular weight is 293 g/mol. The number of fused-ring (bicyclic) bond motifs is 3. The fourth-order valence-corrected chi connectivity index (χ4v) is 5.46. The van der Waals surface area contributed by atoms with E-state index in [1.165, 1.54) is 17.7 Å². The van der Waals surface area contributed by atoms with E-state index in [0.717, 1.165) is 16.8 Å². The van der Waals surface area contributed by atoms with E-state index in [2.05, 4.69) is 12.2 Å². The molecule has 4 atom stereocenters. The highest BCUT2D eigenvalue weighted by Crippen LogP contribution is 2.73. The number of nitrogens with zero attached hydrogens (tertiary/aromatic N) is 1. The number of anilines is 1. The van der Waals surface area contributed by atoms with Crippen molar-refractivity contribution in [3.63, 3.8) is 0 Å². The average Bonchev–Trinajstić information content (AvgIpc) is 3.08. The molecule has 4 aliphatic rings. The Labute approximate surface area is 130 Å². The van der Waals surface area contributed by atoms with Crippen molar-refractivity contribution in [2.75, 3.05) is 4.90 Å². The molecule has 2 bridgehead atoms. The molecule has 1 heterocycles. The van der Waals surface area contributed by atoms with E-state index in [0.29, 0.717) is 11.8 Å². The lowest BCUT2D eigenvalue weighted by Crippen LogP contribution is -2.35. The van der Waals surface area contributed by atoms with E-state index in [4.69, 9.17) is 0 Å². The molecule has 2 amide bonds. The van der Waals surface area contributed by atoms with Crippen molar-refractivity contribution in [3.05, 3.63) is 41.5 Å². The Morgan fingerprint density at radius 2 is 1.45 bits per heavy atom. The number of rotatable bonds is 1. The van der Waals surface area contributed by atoms with Gasteiger partial charge < -0.3 is 0 Å².